The van der Waals surface area contributed by atoms with Crippen LogP contribution in [-0.2, 0) is 6.54 Å². The van der Waals surface area contributed by atoms with Crippen molar-refractivity contribution in [1.82, 2.24) is 4.90 Å². The minimum absolute atomic E-state index is 0.326. The normalized spacial score (nSPS) is 12.1. The molecular weight excluding hydrogens is 264 g/mol. The third kappa shape index (κ3) is 4.99. The summed E-state index contributed by atoms with van der Waals surface area (Å²) in [5.41, 5.74) is 8.20. The van der Waals surface area contributed by atoms with E-state index in [1.54, 1.807) is 0 Å². The van der Waals surface area contributed by atoms with E-state index in [1.807, 2.05) is 12.1 Å². The molecule has 0 saturated heterocycles. The molecule has 0 aliphatic heterocycles. The first-order valence-corrected chi connectivity index (χ1v) is 6.29. The van der Waals surface area contributed by atoms with Crippen LogP contribution in [0.25, 0.3) is 0 Å². The fraction of sp³-hybridized carbons (Fsp3) is 0.538. The summed E-state index contributed by atoms with van der Waals surface area (Å²) < 4.78 is 1.05. The molecule has 1 rings (SSSR count). The van der Waals surface area contributed by atoms with Crippen LogP contribution in [0.3, 0.4) is 0 Å². The van der Waals surface area contributed by atoms with E-state index in [4.69, 9.17) is 5.73 Å². The summed E-state index contributed by atoms with van der Waals surface area (Å²) in [6.45, 7) is 8.75. The van der Waals surface area contributed by atoms with Crippen molar-refractivity contribution < 1.29 is 0 Å². The summed E-state index contributed by atoms with van der Waals surface area (Å²) in [4.78, 5) is 2.32. The van der Waals surface area contributed by atoms with Gasteiger partial charge < -0.3 is 10.6 Å². The Kier molecular flexibility index (Phi) is 4.39. The second kappa shape index (κ2) is 5.19. The zero-order chi connectivity index (χ0) is 12.3. The Hall–Kier alpha value is -0.540. The van der Waals surface area contributed by atoms with E-state index in [0.29, 0.717) is 5.41 Å². The fourth-order valence-corrected chi connectivity index (χ4v) is 2.50. The summed E-state index contributed by atoms with van der Waals surface area (Å²) >= 11 is 3.47. The molecule has 2 N–H and O–H groups in total. The van der Waals surface area contributed by atoms with E-state index < -0.39 is 0 Å². The van der Waals surface area contributed by atoms with Crippen LogP contribution in [0, 0.1) is 5.41 Å². The molecule has 0 heterocycles. The van der Waals surface area contributed by atoms with Crippen LogP contribution in [0.2, 0.25) is 0 Å². The maximum absolute atomic E-state index is 5.81. The molecule has 0 aliphatic carbocycles. The van der Waals surface area contributed by atoms with E-state index in [-0.39, 0.29) is 0 Å². The van der Waals surface area contributed by atoms with Crippen LogP contribution in [0.4, 0.5) is 5.69 Å². The van der Waals surface area contributed by atoms with Gasteiger partial charge in [0.1, 0.15) is 0 Å². The summed E-state index contributed by atoms with van der Waals surface area (Å²) in [6.07, 6.45) is 0. The summed E-state index contributed by atoms with van der Waals surface area (Å²) in [6, 6.07) is 6.08. The first-order chi connectivity index (χ1) is 7.26. The van der Waals surface area contributed by atoms with Crippen molar-refractivity contribution in [2.75, 3.05) is 19.3 Å². The van der Waals surface area contributed by atoms with Crippen molar-refractivity contribution in [2.24, 2.45) is 5.41 Å². The van der Waals surface area contributed by atoms with Crippen LogP contribution >= 0.6 is 15.9 Å². The van der Waals surface area contributed by atoms with Gasteiger partial charge in [-0.05, 0) is 36.2 Å². The Morgan fingerprint density at radius 3 is 2.38 bits per heavy atom. The molecule has 0 aliphatic rings. The van der Waals surface area contributed by atoms with Gasteiger partial charge in [-0.25, -0.2) is 0 Å². The van der Waals surface area contributed by atoms with E-state index in [2.05, 4.69) is 54.7 Å². The van der Waals surface area contributed by atoms with Gasteiger partial charge in [0.2, 0.25) is 0 Å². The topological polar surface area (TPSA) is 29.3 Å². The highest BCUT2D eigenvalue weighted by Crippen LogP contribution is 2.20. The number of nitrogens with zero attached hydrogens (tertiary/aromatic N) is 1. The van der Waals surface area contributed by atoms with Gasteiger partial charge in [0.05, 0.1) is 0 Å². The Labute approximate surface area is 107 Å². The van der Waals surface area contributed by atoms with E-state index in [0.717, 1.165) is 23.2 Å². The van der Waals surface area contributed by atoms with E-state index in [1.165, 1.54) is 5.56 Å². The lowest BCUT2D eigenvalue weighted by molar-refractivity contribution is 0.221. The van der Waals surface area contributed by atoms with Gasteiger partial charge in [-0.3, -0.25) is 0 Å². The Balaban J connectivity index is 2.66. The molecule has 0 saturated carbocycles. The Morgan fingerprint density at radius 2 is 1.88 bits per heavy atom. The molecule has 0 aromatic heterocycles. The SMILES string of the molecule is CN(Cc1cc(N)cc(Br)c1)CC(C)(C)C. The first kappa shape index (κ1) is 13.5. The van der Waals surface area contributed by atoms with Gasteiger partial charge in [-0.2, -0.15) is 0 Å². The van der Waals surface area contributed by atoms with Crippen molar-refractivity contribution in [3.8, 4) is 0 Å². The number of benzene rings is 1. The molecule has 0 unspecified atom stereocenters. The number of anilines is 1. The predicted octanol–water partition coefficient (Wildman–Crippen LogP) is 3.51. The Morgan fingerprint density at radius 1 is 1.25 bits per heavy atom. The number of hydrogen-bond donors (Lipinski definition) is 1. The number of halogens is 1. The lowest BCUT2D eigenvalue weighted by atomic mass is 9.96. The molecule has 0 bridgehead atoms. The third-order valence-corrected chi connectivity index (χ3v) is 2.63. The van der Waals surface area contributed by atoms with Crippen molar-refractivity contribution in [2.45, 2.75) is 27.3 Å². The van der Waals surface area contributed by atoms with Crippen LogP contribution in [-0.4, -0.2) is 18.5 Å². The summed E-state index contributed by atoms with van der Waals surface area (Å²) in [5.74, 6) is 0. The zero-order valence-electron chi connectivity index (χ0n) is 10.5. The second-order valence-electron chi connectivity index (χ2n) is 5.63. The smallest absolute Gasteiger partial charge is 0.0328 e. The minimum atomic E-state index is 0.326. The van der Waals surface area contributed by atoms with E-state index in [9.17, 15) is 0 Å². The average Bonchev–Trinajstić information content (AvgIpc) is 1.96. The molecule has 1 aromatic rings. The monoisotopic (exact) mass is 284 g/mol. The van der Waals surface area contributed by atoms with Crippen molar-refractivity contribution in [3.05, 3.63) is 28.2 Å². The zero-order valence-corrected chi connectivity index (χ0v) is 12.1. The highest BCUT2D eigenvalue weighted by atomic mass is 79.9. The molecular formula is C13H21BrN2. The van der Waals surface area contributed by atoms with Gasteiger partial charge >= 0.3 is 0 Å². The van der Waals surface area contributed by atoms with Crippen molar-refractivity contribution in [1.29, 1.82) is 0 Å². The molecule has 16 heavy (non-hydrogen) atoms. The number of nitrogen functional groups attached to an aromatic ring is 1. The van der Waals surface area contributed by atoms with Crippen LogP contribution in [0.1, 0.15) is 26.3 Å². The average molecular weight is 285 g/mol. The molecule has 0 spiro atoms. The quantitative estimate of drug-likeness (QED) is 0.861. The van der Waals surface area contributed by atoms with Gasteiger partial charge in [-0.1, -0.05) is 36.7 Å². The van der Waals surface area contributed by atoms with Gasteiger partial charge in [-0.15, -0.1) is 0 Å². The molecule has 3 heteroatoms. The molecule has 0 atom stereocenters. The van der Waals surface area contributed by atoms with Gasteiger partial charge in [0, 0.05) is 23.2 Å². The lowest BCUT2D eigenvalue weighted by Gasteiger charge is -2.26. The molecule has 0 fully saturated rings. The largest absolute Gasteiger partial charge is 0.399 e. The standard InChI is InChI=1S/C13H21BrN2/c1-13(2,3)9-16(4)8-10-5-11(14)7-12(15)6-10/h5-7H,8-9,15H2,1-4H3. The molecule has 0 amide bonds. The minimum Gasteiger partial charge on any atom is -0.399 e. The predicted molar refractivity (Wildman–Crippen MR) is 74.3 cm³/mol. The third-order valence-electron chi connectivity index (χ3n) is 2.18. The van der Waals surface area contributed by atoms with Crippen molar-refractivity contribution >= 4 is 21.6 Å². The lowest BCUT2D eigenvalue weighted by Crippen LogP contribution is -2.28. The molecule has 2 nitrogen and oxygen atoms in total. The fourth-order valence-electron chi connectivity index (χ4n) is 1.94. The van der Waals surface area contributed by atoms with Crippen molar-refractivity contribution in [3.63, 3.8) is 0 Å². The highest BCUT2D eigenvalue weighted by molar-refractivity contribution is 9.10. The summed E-state index contributed by atoms with van der Waals surface area (Å²) in [5, 5.41) is 0. The number of hydrogen-bond acceptors (Lipinski definition) is 2. The van der Waals surface area contributed by atoms with Crippen LogP contribution in [0.15, 0.2) is 22.7 Å². The molecule has 90 valence electrons. The van der Waals surface area contributed by atoms with E-state index >= 15 is 0 Å². The first-order valence-electron chi connectivity index (χ1n) is 5.50. The second-order valence-corrected chi connectivity index (χ2v) is 6.54. The van der Waals surface area contributed by atoms with Gasteiger partial charge in [0.25, 0.3) is 0 Å². The number of nitrogens with two attached hydrogens (primary N) is 1. The highest BCUT2D eigenvalue weighted by Gasteiger charge is 2.13. The molecule has 0 radical (unpaired) electrons. The maximum atomic E-state index is 5.81. The van der Waals surface area contributed by atoms with Crippen LogP contribution in [0.5, 0.6) is 0 Å². The van der Waals surface area contributed by atoms with Gasteiger partial charge in [0.15, 0.2) is 0 Å². The molecule has 1 aromatic carbocycles. The summed E-state index contributed by atoms with van der Waals surface area (Å²) in [7, 11) is 2.14. The number of rotatable bonds is 3. The van der Waals surface area contributed by atoms with Crippen LogP contribution < -0.4 is 5.73 Å². The Bertz CT molecular complexity index is 335. The maximum Gasteiger partial charge on any atom is 0.0328 e.